The molecule has 0 bridgehead atoms. The molecule has 0 radical (unpaired) electrons. The highest BCUT2D eigenvalue weighted by atomic mass is 14.6. The Kier molecular flexibility index (Phi) is 5.10. The SMILES string of the molecule is CC(CCN)CCc1cccc(-c2ccncc2)c1. The summed E-state index contributed by atoms with van der Waals surface area (Å²) in [6, 6.07) is 12.9. The van der Waals surface area contributed by atoms with E-state index in [0.717, 1.165) is 19.4 Å². The second-order valence-corrected chi connectivity index (χ2v) is 5.16. The normalized spacial score (nSPS) is 12.3. The van der Waals surface area contributed by atoms with Crippen LogP contribution in [0.1, 0.15) is 25.3 Å². The van der Waals surface area contributed by atoms with E-state index >= 15 is 0 Å². The van der Waals surface area contributed by atoms with Crippen LogP contribution in [0.5, 0.6) is 0 Å². The lowest BCUT2D eigenvalue weighted by molar-refractivity contribution is 0.500. The molecule has 0 amide bonds. The van der Waals surface area contributed by atoms with Crippen LogP contribution in [0.3, 0.4) is 0 Å². The first-order chi connectivity index (χ1) is 9.29. The van der Waals surface area contributed by atoms with Gasteiger partial charge in [0.05, 0.1) is 0 Å². The number of nitrogens with two attached hydrogens (primary N) is 1. The molecular weight excluding hydrogens is 232 g/mol. The van der Waals surface area contributed by atoms with Crippen LogP contribution in [0.2, 0.25) is 0 Å². The fourth-order valence-electron chi connectivity index (χ4n) is 2.29. The predicted octanol–water partition coefficient (Wildman–Crippen LogP) is 3.67. The Bertz CT molecular complexity index is 494. The Morgan fingerprint density at radius 2 is 1.84 bits per heavy atom. The lowest BCUT2D eigenvalue weighted by atomic mass is 9.96. The molecule has 2 N–H and O–H groups in total. The van der Waals surface area contributed by atoms with Crippen molar-refractivity contribution in [3.8, 4) is 11.1 Å². The van der Waals surface area contributed by atoms with Gasteiger partial charge in [0, 0.05) is 12.4 Å². The standard InChI is InChI=1S/C17H22N2/c1-14(7-10-18)5-6-15-3-2-4-17(13-15)16-8-11-19-12-9-16/h2-4,8-9,11-14H,5-7,10,18H2,1H3. The maximum atomic E-state index is 5.59. The molecular formula is C17H22N2. The minimum atomic E-state index is 0.703. The Morgan fingerprint density at radius 1 is 1.05 bits per heavy atom. The van der Waals surface area contributed by atoms with Gasteiger partial charge in [-0.05, 0) is 60.5 Å². The quantitative estimate of drug-likeness (QED) is 0.854. The average Bonchev–Trinajstić information content (AvgIpc) is 2.47. The Labute approximate surface area is 115 Å². The van der Waals surface area contributed by atoms with Crippen LogP contribution in [-0.4, -0.2) is 11.5 Å². The van der Waals surface area contributed by atoms with Gasteiger partial charge in [-0.1, -0.05) is 31.2 Å². The molecule has 1 unspecified atom stereocenters. The van der Waals surface area contributed by atoms with Crippen LogP contribution >= 0.6 is 0 Å². The fraction of sp³-hybridized carbons (Fsp3) is 0.353. The van der Waals surface area contributed by atoms with E-state index in [1.807, 2.05) is 12.4 Å². The molecule has 0 aliphatic heterocycles. The third kappa shape index (κ3) is 4.18. The molecule has 2 rings (SSSR count). The van der Waals surface area contributed by atoms with Gasteiger partial charge in [-0.25, -0.2) is 0 Å². The fourth-order valence-corrected chi connectivity index (χ4v) is 2.29. The van der Waals surface area contributed by atoms with Crippen LogP contribution < -0.4 is 5.73 Å². The van der Waals surface area contributed by atoms with Gasteiger partial charge in [0.1, 0.15) is 0 Å². The first kappa shape index (κ1) is 13.8. The number of nitrogens with zero attached hydrogens (tertiary/aromatic N) is 1. The summed E-state index contributed by atoms with van der Waals surface area (Å²) in [4.78, 5) is 4.06. The molecule has 0 aliphatic rings. The summed E-state index contributed by atoms with van der Waals surface area (Å²) in [6.45, 7) is 3.07. The minimum Gasteiger partial charge on any atom is -0.330 e. The second kappa shape index (κ2) is 7.05. The van der Waals surface area contributed by atoms with E-state index in [1.165, 1.54) is 23.1 Å². The van der Waals surface area contributed by atoms with Crippen molar-refractivity contribution in [3.63, 3.8) is 0 Å². The van der Waals surface area contributed by atoms with Gasteiger partial charge in [0.2, 0.25) is 0 Å². The van der Waals surface area contributed by atoms with Crippen molar-refractivity contribution in [2.75, 3.05) is 6.54 Å². The highest BCUT2D eigenvalue weighted by molar-refractivity contribution is 5.63. The number of benzene rings is 1. The highest BCUT2D eigenvalue weighted by Crippen LogP contribution is 2.21. The van der Waals surface area contributed by atoms with Crippen LogP contribution in [0.15, 0.2) is 48.8 Å². The molecule has 0 saturated heterocycles. The average molecular weight is 254 g/mol. The number of aromatic nitrogens is 1. The molecule has 0 saturated carbocycles. The summed E-state index contributed by atoms with van der Waals surface area (Å²) in [6.07, 6.45) is 7.12. The van der Waals surface area contributed by atoms with E-state index < -0.39 is 0 Å². The second-order valence-electron chi connectivity index (χ2n) is 5.16. The van der Waals surface area contributed by atoms with Crippen molar-refractivity contribution in [1.82, 2.24) is 4.98 Å². The molecule has 2 nitrogen and oxygen atoms in total. The first-order valence-electron chi connectivity index (χ1n) is 6.99. The smallest absolute Gasteiger partial charge is 0.0273 e. The van der Waals surface area contributed by atoms with Crippen molar-refractivity contribution in [3.05, 3.63) is 54.4 Å². The molecule has 1 atom stereocenters. The predicted molar refractivity (Wildman–Crippen MR) is 80.8 cm³/mol. The Balaban J connectivity index is 2.04. The van der Waals surface area contributed by atoms with Gasteiger partial charge < -0.3 is 5.73 Å². The van der Waals surface area contributed by atoms with Crippen LogP contribution in [0.25, 0.3) is 11.1 Å². The number of aryl methyl sites for hydroxylation is 1. The summed E-state index contributed by atoms with van der Waals surface area (Å²) in [5.41, 5.74) is 9.49. The number of hydrogen-bond acceptors (Lipinski definition) is 2. The van der Waals surface area contributed by atoms with Crippen LogP contribution in [0, 0.1) is 5.92 Å². The Hall–Kier alpha value is -1.67. The molecule has 19 heavy (non-hydrogen) atoms. The van der Waals surface area contributed by atoms with Crippen molar-refractivity contribution in [1.29, 1.82) is 0 Å². The first-order valence-corrected chi connectivity index (χ1v) is 6.99. The third-order valence-corrected chi connectivity index (χ3v) is 3.53. The van der Waals surface area contributed by atoms with Gasteiger partial charge in [-0.15, -0.1) is 0 Å². The zero-order valence-corrected chi connectivity index (χ0v) is 11.5. The number of rotatable bonds is 6. The molecule has 1 heterocycles. The molecule has 100 valence electrons. The summed E-state index contributed by atoms with van der Waals surface area (Å²) in [7, 11) is 0. The maximum Gasteiger partial charge on any atom is 0.0273 e. The molecule has 1 aromatic heterocycles. The van der Waals surface area contributed by atoms with Crippen molar-refractivity contribution < 1.29 is 0 Å². The zero-order chi connectivity index (χ0) is 13.5. The van der Waals surface area contributed by atoms with Crippen LogP contribution in [0.4, 0.5) is 0 Å². The third-order valence-electron chi connectivity index (χ3n) is 3.53. The topological polar surface area (TPSA) is 38.9 Å². The molecule has 0 aliphatic carbocycles. The molecule has 2 aromatic rings. The van der Waals surface area contributed by atoms with Gasteiger partial charge >= 0.3 is 0 Å². The summed E-state index contributed by atoms with van der Waals surface area (Å²) in [5, 5.41) is 0. The zero-order valence-electron chi connectivity index (χ0n) is 11.5. The largest absolute Gasteiger partial charge is 0.330 e. The summed E-state index contributed by atoms with van der Waals surface area (Å²) < 4.78 is 0. The number of hydrogen-bond donors (Lipinski definition) is 1. The van der Waals surface area contributed by atoms with Gasteiger partial charge in [0.15, 0.2) is 0 Å². The van der Waals surface area contributed by atoms with Crippen molar-refractivity contribution in [2.24, 2.45) is 11.7 Å². The lowest BCUT2D eigenvalue weighted by Gasteiger charge is -2.10. The summed E-state index contributed by atoms with van der Waals surface area (Å²) in [5.74, 6) is 0.703. The van der Waals surface area contributed by atoms with Gasteiger partial charge in [0.25, 0.3) is 0 Å². The monoisotopic (exact) mass is 254 g/mol. The van der Waals surface area contributed by atoms with E-state index in [1.54, 1.807) is 0 Å². The molecule has 0 spiro atoms. The van der Waals surface area contributed by atoms with E-state index in [0.29, 0.717) is 5.92 Å². The highest BCUT2D eigenvalue weighted by Gasteiger charge is 2.03. The van der Waals surface area contributed by atoms with Crippen molar-refractivity contribution in [2.45, 2.75) is 26.2 Å². The van der Waals surface area contributed by atoms with Gasteiger partial charge in [-0.3, -0.25) is 4.98 Å². The van der Waals surface area contributed by atoms with E-state index in [9.17, 15) is 0 Å². The summed E-state index contributed by atoms with van der Waals surface area (Å²) >= 11 is 0. The number of pyridine rings is 1. The Morgan fingerprint density at radius 3 is 2.58 bits per heavy atom. The van der Waals surface area contributed by atoms with E-state index in [-0.39, 0.29) is 0 Å². The maximum absolute atomic E-state index is 5.59. The van der Waals surface area contributed by atoms with Gasteiger partial charge in [-0.2, -0.15) is 0 Å². The van der Waals surface area contributed by atoms with E-state index in [2.05, 4.69) is 48.3 Å². The van der Waals surface area contributed by atoms with Crippen LogP contribution in [-0.2, 0) is 6.42 Å². The molecule has 2 heteroatoms. The minimum absolute atomic E-state index is 0.703. The van der Waals surface area contributed by atoms with Crippen molar-refractivity contribution >= 4 is 0 Å². The molecule has 1 aromatic carbocycles. The lowest BCUT2D eigenvalue weighted by Crippen LogP contribution is -2.06. The van der Waals surface area contributed by atoms with E-state index in [4.69, 9.17) is 5.73 Å². The molecule has 0 fully saturated rings.